The number of anilines is 3. The number of nitrogens with one attached hydrogen (secondary N) is 1. The molecule has 0 bridgehead atoms. The third-order valence-electron chi connectivity index (χ3n) is 4.25. The largest absolute Gasteiger partial charge is 0.355 e. The highest BCUT2D eigenvalue weighted by Gasteiger charge is 2.31. The second-order valence-electron chi connectivity index (χ2n) is 5.79. The van der Waals surface area contributed by atoms with E-state index >= 15 is 0 Å². The van der Waals surface area contributed by atoms with Crippen LogP contribution in [0.1, 0.15) is 12.8 Å². The average Bonchev–Trinajstić information content (AvgIpc) is 2.95. The van der Waals surface area contributed by atoms with Crippen molar-refractivity contribution in [2.24, 2.45) is 0 Å². The molecule has 0 aromatic heterocycles. The molecule has 3 aromatic rings. The lowest BCUT2D eigenvalue weighted by Gasteiger charge is -2.19. The number of fused-ring (bicyclic) bond motifs is 1. The number of rotatable bonds is 3. The molecular formula is C20H16N2O2. The van der Waals surface area contributed by atoms with Crippen LogP contribution in [-0.2, 0) is 9.59 Å². The summed E-state index contributed by atoms with van der Waals surface area (Å²) in [6.07, 6.45) is 0.578. The number of benzene rings is 3. The van der Waals surface area contributed by atoms with Gasteiger partial charge in [-0.05, 0) is 24.3 Å². The fraction of sp³-hybridized carbons (Fsp3) is 0.100. The van der Waals surface area contributed by atoms with Crippen molar-refractivity contribution in [2.75, 3.05) is 10.2 Å². The minimum Gasteiger partial charge on any atom is -0.355 e. The summed E-state index contributed by atoms with van der Waals surface area (Å²) < 4.78 is 0. The molecule has 3 aromatic carbocycles. The second-order valence-corrected chi connectivity index (χ2v) is 5.79. The predicted octanol–water partition coefficient (Wildman–Crippen LogP) is 4.24. The summed E-state index contributed by atoms with van der Waals surface area (Å²) in [6.45, 7) is 0. The van der Waals surface area contributed by atoms with Crippen LogP contribution >= 0.6 is 0 Å². The molecule has 1 aliphatic rings. The van der Waals surface area contributed by atoms with Gasteiger partial charge in [-0.3, -0.25) is 9.59 Å². The van der Waals surface area contributed by atoms with Gasteiger partial charge in [0.05, 0.1) is 5.69 Å². The van der Waals surface area contributed by atoms with Crippen LogP contribution in [0, 0.1) is 0 Å². The van der Waals surface area contributed by atoms with Crippen LogP contribution in [-0.4, -0.2) is 11.8 Å². The molecule has 4 heteroatoms. The van der Waals surface area contributed by atoms with E-state index in [0.717, 1.165) is 22.1 Å². The number of amides is 2. The highest BCUT2D eigenvalue weighted by atomic mass is 16.2. The number of hydrogen-bond acceptors (Lipinski definition) is 3. The van der Waals surface area contributed by atoms with E-state index in [4.69, 9.17) is 0 Å². The van der Waals surface area contributed by atoms with Crippen LogP contribution in [0.15, 0.2) is 66.7 Å². The summed E-state index contributed by atoms with van der Waals surface area (Å²) in [5, 5.41) is 5.27. The fourth-order valence-electron chi connectivity index (χ4n) is 3.11. The minimum atomic E-state index is -0.131. The molecule has 1 heterocycles. The Kier molecular flexibility index (Phi) is 3.50. The Morgan fingerprint density at radius 2 is 1.33 bits per heavy atom. The van der Waals surface area contributed by atoms with E-state index in [1.54, 1.807) is 0 Å². The van der Waals surface area contributed by atoms with Gasteiger partial charge in [-0.15, -0.1) is 0 Å². The van der Waals surface area contributed by atoms with E-state index in [9.17, 15) is 9.59 Å². The van der Waals surface area contributed by atoms with Crippen molar-refractivity contribution >= 4 is 39.6 Å². The van der Waals surface area contributed by atoms with Gasteiger partial charge in [0.25, 0.3) is 0 Å². The number of imide groups is 1. The highest BCUT2D eigenvalue weighted by molar-refractivity contribution is 6.23. The van der Waals surface area contributed by atoms with Crippen molar-refractivity contribution in [3.8, 4) is 0 Å². The van der Waals surface area contributed by atoms with Crippen molar-refractivity contribution < 1.29 is 9.59 Å². The van der Waals surface area contributed by atoms with Gasteiger partial charge in [-0.25, -0.2) is 4.90 Å². The summed E-state index contributed by atoms with van der Waals surface area (Å²) in [6, 6.07) is 21.5. The zero-order valence-corrected chi connectivity index (χ0v) is 13.0. The van der Waals surface area contributed by atoms with Crippen LogP contribution in [0.25, 0.3) is 10.8 Å². The molecule has 4 nitrogen and oxygen atoms in total. The van der Waals surface area contributed by atoms with Gasteiger partial charge >= 0.3 is 0 Å². The van der Waals surface area contributed by atoms with E-state index in [-0.39, 0.29) is 24.7 Å². The standard InChI is InChI=1S/C20H16N2O2/c23-19-12-13-20(24)22(19)18-11-10-17(15-8-4-5-9-16(15)18)21-14-6-2-1-3-7-14/h1-11,21H,12-13H2. The van der Waals surface area contributed by atoms with E-state index in [2.05, 4.69) is 5.32 Å². The molecule has 1 aliphatic heterocycles. The smallest absolute Gasteiger partial charge is 0.234 e. The molecule has 0 radical (unpaired) electrons. The first-order valence-electron chi connectivity index (χ1n) is 7.93. The summed E-state index contributed by atoms with van der Waals surface area (Å²) in [4.78, 5) is 25.5. The van der Waals surface area contributed by atoms with Gasteiger partial charge in [0.1, 0.15) is 0 Å². The first-order chi connectivity index (χ1) is 11.7. The molecule has 1 fully saturated rings. The molecule has 0 atom stereocenters. The van der Waals surface area contributed by atoms with E-state index in [0.29, 0.717) is 5.69 Å². The Hall–Kier alpha value is -3.14. The number of carbonyl (C=O) groups is 2. The second kappa shape index (κ2) is 5.81. The monoisotopic (exact) mass is 316 g/mol. The van der Waals surface area contributed by atoms with Gasteiger partial charge in [0.15, 0.2) is 0 Å². The van der Waals surface area contributed by atoms with Crippen molar-refractivity contribution in [3.63, 3.8) is 0 Å². The van der Waals surface area contributed by atoms with Crippen LogP contribution in [0.4, 0.5) is 17.1 Å². The lowest BCUT2D eigenvalue weighted by Crippen LogP contribution is -2.28. The Morgan fingerprint density at radius 1 is 0.708 bits per heavy atom. The number of hydrogen-bond donors (Lipinski definition) is 1. The van der Waals surface area contributed by atoms with E-state index < -0.39 is 0 Å². The molecule has 24 heavy (non-hydrogen) atoms. The van der Waals surface area contributed by atoms with Crippen LogP contribution in [0.2, 0.25) is 0 Å². The average molecular weight is 316 g/mol. The van der Waals surface area contributed by atoms with Crippen LogP contribution < -0.4 is 10.2 Å². The maximum Gasteiger partial charge on any atom is 0.234 e. The normalized spacial score (nSPS) is 14.4. The Balaban J connectivity index is 1.83. The zero-order chi connectivity index (χ0) is 16.5. The lowest BCUT2D eigenvalue weighted by molar-refractivity contribution is -0.121. The molecule has 0 aliphatic carbocycles. The molecule has 0 unspecified atom stereocenters. The third-order valence-corrected chi connectivity index (χ3v) is 4.25. The third kappa shape index (κ3) is 2.42. The SMILES string of the molecule is O=C1CCC(=O)N1c1ccc(Nc2ccccc2)c2ccccc12. The van der Waals surface area contributed by atoms with Gasteiger partial charge in [-0.1, -0.05) is 42.5 Å². The molecule has 118 valence electrons. The maximum atomic E-state index is 12.1. The van der Waals surface area contributed by atoms with Crippen molar-refractivity contribution in [1.82, 2.24) is 0 Å². The van der Waals surface area contributed by atoms with Crippen molar-refractivity contribution in [2.45, 2.75) is 12.8 Å². The maximum absolute atomic E-state index is 12.1. The van der Waals surface area contributed by atoms with E-state index in [1.807, 2.05) is 66.7 Å². The fourth-order valence-corrected chi connectivity index (χ4v) is 3.11. The van der Waals surface area contributed by atoms with Gasteiger partial charge in [0, 0.05) is 35.0 Å². The molecule has 2 amide bonds. The number of carbonyl (C=O) groups excluding carboxylic acids is 2. The highest BCUT2D eigenvalue weighted by Crippen LogP contribution is 2.35. The molecule has 0 spiro atoms. The molecule has 0 saturated carbocycles. The zero-order valence-electron chi connectivity index (χ0n) is 13.0. The van der Waals surface area contributed by atoms with E-state index in [1.165, 1.54) is 4.90 Å². The molecular weight excluding hydrogens is 300 g/mol. The Bertz CT molecular complexity index is 919. The quantitative estimate of drug-likeness (QED) is 0.735. The summed E-state index contributed by atoms with van der Waals surface area (Å²) in [5.41, 5.74) is 2.60. The van der Waals surface area contributed by atoms with Gasteiger partial charge in [0.2, 0.25) is 11.8 Å². The van der Waals surface area contributed by atoms with Gasteiger partial charge in [-0.2, -0.15) is 0 Å². The van der Waals surface area contributed by atoms with Crippen LogP contribution in [0.3, 0.4) is 0 Å². The Labute approximate surface area is 139 Å². The molecule has 4 rings (SSSR count). The first kappa shape index (κ1) is 14.5. The predicted molar refractivity (Wildman–Crippen MR) is 95.4 cm³/mol. The summed E-state index contributed by atoms with van der Waals surface area (Å²) >= 11 is 0. The number of nitrogens with zero attached hydrogens (tertiary/aromatic N) is 1. The first-order valence-corrected chi connectivity index (χ1v) is 7.93. The van der Waals surface area contributed by atoms with Crippen molar-refractivity contribution in [1.29, 1.82) is 0 Å². The molecule has 1 saturated heterocycles. The van der Waals surface area contributed by atoms with Crippen LogP contribution in [0.5, 0.6) is 0 Å². The topological polar surface area (TPSA) is 49.4 Å². The Morgan fingerprint density at radius 3 is 2.04 bits per heavy atom. The lowest BCUT2D eigenvalue weighted by atomic mass is 10.1. The summed E-state index contributed by atoms with van der Waals surface area (Å²) in [7, 11) is 0. The van der Waals surface area contributed by atoms with Gasteiger partial charge < -0.3 is 5.32 Å². The minimum absolute atomic E-state index is 0.131. The molecule has 1 N–H and O–H groups in total. The number of para-hydroxylation sites is 1. The van der Waals surface area contributed by atoms with Crippen molar-refractivity contribution in [3.05, 3.63) is 66.7 Å². The summed E-state index contributed by atoms with van der Waals surface area (Å²) in [5.74, 6) is -0.261.